The zero-order valence-electron chi connectivity index (χ0n) is 13.9. The molecule has 3 heterocycles. The van der Waals surface area contributed by atoms with E-state index >= 15 is 0 Å². The Balaban J connectivity index is 2.00. The lowest BCUT2D eigenvalue weighted by molar-refractivity contribution is -0.109. The van der Waals surface area contributed by atoms with Crippen molar-refractivity contribution in [3.8, 4) is 17.2 Å². The SMILES string of the molecule is COc1cccc2oc3c4c(cc(OC)c3c(=O)c12)O[C@H]1OC=C[C@@]41O. The van der Waals surface area contributed by atoms with Gasteiger partial charge in [-0.15, -0.1) is 0 Å². The summed E-state index contributed by atoms with van der Waals surface area (Å²) < 4.78 is 27.7. The number of fused-ring (bicyclic) bond motifs is 6. The lowest BCUT2D eigenvalue weighted by atomic mass is 9.93. The molecule has 0 unspecified atom stereocenters. The summed E-state index contributed by atoms with van der Waals surface area (Å²) in [5.74, 6) is 1.03. The van der Waals surface area contributed by atoms with Crippen molar-refractivity contribution in [2.45, 2.75) is 11.9 Å². The third-order valence-corrected chi connectivity index (χ3v) is 4.82. The molecule has 1 N–H and O–H groups in total. The molecule has 132 valence electrons. The molecule has 0 amide bonds. The van der Waals surface area contributed by atoms with Gasteiger partial charge in [-0.1, -0.05) is 6.07 Å². The van der Waals surface area contributed by atoms with Gasteiger partial charge in [-0.3, -0.25) is 4.79 Å². The average molecular weight is 354 g/mol. The van der Waals surface area contributed by atoms with Crippen molar-refractivity contribution in [1.29, 1.82) is 0 Å². The highest BCUT2D eigenvalue weighted by molar-refractivity contribution is 5.99. The predicted molar refractivity (Wildman–Crippen MR) is 91.6 cm³/mol. The number of ether oxygens (including phenoxy) is 4. The summed E-state index contributed by atoms with van der Waals surface area (Å²) in [7, 11) is 2.94. The van der Waals surface area contributed by atoms with Crippen LogP contribution < -0.4 is 19.6 Å². The molecule has 7 heteroatoms. The molecule has 2 aromatic carbocycles. The minimum Gasteiger partial charge on any atom is -0.496 e. The van der Waals surface area contributed by atoms with Gasteiger partial charge in [0.15, 0.2) is 11.2 Å². The van der Waals surface area contributed by atoms with Crippen LogP contribution >= 0.6 is 0 Å². The molecule has 3 aromatic rings. The zero-order chi connectivity index (χ0) is 18.1. The Morgan fingerprint density at radius 3 is 2.73 bits per heavy atom. The third kappa shape index (κ3) is 1.68. The molecule has 5 rings (SSSR count). The van der Waals surface area contributed by atoms with Crippen molar-refractivity contribution >= 4 is 21.9 Å². The maximum Gasteiger partial charge on any atom is 0.277 e. The molecule has 2 aliphatic rings. The van der Waals surface area contributed by atoms with Crippen LogP contribution in [0.5, 0.6) is 17.2 Å². The fourth-order valence-electron chi connectivity index (χ4n) is 3.62. The molecule has 0 radical (unpaired) electrons. The van der Waals surface area contributed by atoms with Gasteiger partial charge in [0.05, 0.1) is 26.0 Å². The highest BCUT2D eigenvalue weighted by Crippen LogP contribution is 2.51. The Morgan fingerprint density at radius 2 is 1.96 bits per heavy atom. The van der Waals surface area contributed by atoms with Crippen LogP contribution in [0.1, 0.15) is 5.56 Å². The van der Waals surface area contributed by atoms with Crippen LogP contribution in [0.3, 0.4) is 0 Å². The topological polar surface area (TPSA) is 87.4 Å². The average Bonchev–Trinajstić information content (AvgIpc) is 3.13. The summed E-state index contributed by atoms with van der Waals surface area (Å²) >= 11 is 0. The molecule has 0 bridgehead atoms. The van der Waals surface area contributed by atoms with Crippen molar-refractivity contribution in [1.82, 2.24) is 0 Å². The first kappa shape index (κ1) is 15.1. The Labute approximate surface area is 146 Å². The van der Waals surface area contributed by atoms with Gasteiger partial charge in [-0.2, -0.15) is 0 Å². The van der Waals surface area contributed by atoms with Crippen molar-refractivity contribution in [2.24, 2.45) is 0 Å². The zero-order valence-corrected chi connectivity index (χ0v) is 13.9. The van der Waals surface area contributed by atoms with Gasteiger partial charge >= 0.3 is 0 Å². The van der Waals surface area contributed by atoms with E-state index in [9.17, 15) is 9.90 Å². The molecule has 0 saturated heterocycles. The van der Waals surface area contributed by atoms with Gasteiger partial charge in [0.1, 0.15) is 33.6 Å². The largest absolute Gasteiger partial charge is 0.496 e. The monoisotopic (exact) mass is 354 g/mol. The van der Waals surface area contributed by atoms with Gasteiger partial charge in [0, 0.05) is 6.07 Å². The van der Waals surface area contributed by atoms with Crippen LogP contribution in [0.15, 0.2) is 45.8 Å². The second-order valence-electron chi connectivity index (χ2n) is 6.13. The van der Waals surface area contributed by atoms with E-state index in [0.29, 0.717) is 28.0 Å². The molecular formula is C19H14O7. The fraction of sp³-hybridized carbons (Fsp3) is 0.211. The number of methoxy groups -OCH3 is 2. The fourth-order valence-corrected chi connectivity index (χ4v) is 3.62. The van der Waals surface area contributed by atoms with Crippen LogP contribution in [0.25, 0.3) is 21.9 Å². The summed E-state index contributed by atoms with van der Waals surface area (Å²) in [5, 5.41) is 11.6. The molecule has 0 saturated carbocycles. The van der Waals surface area contributed by atoms with Crippen LogP contribution in [0.4, 0.5) is 0 Å². The van der Waals surface area contributed by atoms with E-state index in [1.165, 1.54) is 26.6 Å². The van der Waals surface area contributed by atoms with Crippen molar-refractivity contribution in [3.05, 3.63) is 52.4 Å². The van der Waals surface area contributed by atoms with Crippen LogP contribution in [-0.2, 0) is 10.3 Å². The lowest BCUT2D eigenvalue weighted by Crippen LogP contribution is -2.33. The summed E-state index contributed by atoms with van der Waals surface area (Å²) in [6, 6.07) is 6.64. The van der Waals surface area contributed by atoms with Gasteiger partial charge in [-0.25, -0.2) is 0 Å². The molecule has 2 aliphatic heterocycles. The van der Waals surface area contributed by atoms with Crippen LogP contribution in [0, 0.1) is 0 Å². The lowest BCUT2D eigenvalue weighted by Gasteiger charge is -2.18. The van der Waals surface area contributed by atoms with E-state index in [1.54, 1.807) is 24.3 Å². The normalized spacial score (nSPS) is 22.8. The summed E-state index contributed by atoms with van der Waals surface area (Å²) in [4.78, 5) is 13.3. The molecule has 0 spiro atoms. The van der Waals surface area contributed by atoms with Crippen molar-refractivity contribution in [3.63, 3.8) is 0 Å². The first-order chi connectivity index (χ1) is 12.6. The summed E-state index contributed by atoms with van der Waals surface area (Å²) in [5.41, 5.74) is -0.970. The smallest absolute Gasteiger partial charge is 0.277 e. The maximum atomic E-state index is 13.3. The molecular weight excluding hydrogens is 340 g/mol. The molecule has 0 fully saturated rings. The molecule has 26 heavy (non-hydrogen) atoms. The molecule has 1 aromatic heterocycles. The van der Waals surface area contributed by atoms with E-state index < -0.39 is 11.9 Å². The Morgan fingerprint density at radius 1 is 1.15 bits per heavy atom. The maximum absolute atomic E-state index is 13.3. The standard InChI is InChI=1S/C19H14O7/c1-22-9-4-3-5-10-13(9)16(20)14-11(23-2)8-12-15(17(14)25-10)19(21)6-7-24-18(19)26-12/h3-8,18,21H,1-2H3/t18-,19-/m1/s1. The van der Waals surface area contributed by atoms with Gasteiger partial charge in [0.2, 0.25) is 5.43 Å². The van der Waals surface area contributed by atoms with Gasteiger partial charge in [0.25, 0.3) is 6.29 Å². The van der Waals surface area contributed by atoms with Gasteiger partial charge in [-0.05, 0) is 18.2 Å². The summed E-state index contributed by atoms with van der Waals surface area (Å²) in [6.45, 7) is 0. The van der Waals surface area contributed by atoms with E-state index in [4.69, 9.17) is 23.4 Å². The molecule has 7 nitrogen and oxygen atoms in total. The molecule has 0 aliphatic carbocycles. The molecule has 2 atom stereocenters. The number of aliphatic hydroxyl groups is 1. The Bertz CT molecular complexity index is 1160. The minimum atomic E-state index is -1.54. The summed E-state index contributed by atoms with van der Waals surface area (Å²) in [6.07, 6.45) is 1.91. The Kier molecular flexibility index (Phi) is 2.86. The third-order valence-electron chi connectivity index (χ3n) is 4.82. The van der Waals surface area contributed by atoms with Crippen LogP contribution in [-0.4, -0.2) is 25.6 Å². The predicted octanol–water partition coefficient (Wildman–Crippen LogP) is 2.41. The van der Waals surface area contributed by atoms with E-state index in [1.807, 2.05) is 0 Å². The van der Waals surface area contributed by atoms with Crippen LogP contribution in [0.2, 0.25) is 0 Å². The van der Waals surface area contributed by atoms with Gasteiger partial charge < -0.3 is 28.5 Å². The number of rotatable bonds is 2. The second kappa shape index (κ2) is 4.92. The Hall–Kier alpha value is -3.19. The highest BCUT2D eigenvalue weighted by Gasteiger charge is 2.53. The first-order valence-corrected chi connectivity index (χ1v) is 7.95. The van der Waals surface area contributed by atoms with E-state index in [2.05, 4.69) is 0 Å². The van der Waals surface area contributed by atoms with Crippen molar-refractivity contribution in [2.75, 3.05) is 14.2 Å². The minimum absolute atomic E-state index is 0.199. The number of hydrogen-bond acceptors (Lipinski definition) is 7. The highest BCUT2D eigenvalue weighted by atomic mass is 16.7. The van der Waals surface area contributed by atoms with E-state index in [0.717, 1.165) is 0 Å². The van der Waals surface area contributed by atoms with E-state index in [-0.39, 0.29) is 22.1 Å². The van der Waals surface area contributed by atoms with Crippen molar-refractivity contribution < 1.29 is 28.5 Å². The number of hydrogen-bond donors (Lipinski definition) is 1. The number of benzene rings is 2. The second-order valence-corrected chi connectivity index (χ2v) is 6.13. The quantitative estimate of drug-likeness (QED) is 0.707. The first-order valence-electron chi connectivity index (χ1n) is 7.95.